The average Bonchev–Trinajstić information content (AvgIpc) is 3.94. The van der Waals surface area contributed by atoms with E-state index in [1.54, 1.807) is 32.6 Å². The van der Waals surface area contributed by atoms with Crippen LogP contribution >= 0.6 is 0 Å². The third-order valence-electron chi connectivity index (χ3n) is 14.3. The molecule has 0 radical (unpaired) electrons. The predicted molar refractivity (Wildman–Crippen MR) is 274 cm³/mol. The van der Waals surface area contributed by atoms with Crippen LogP contribution in [0.15, 0.2) is 217 Å². The zero-order valence-electron chi connectivity index (χ0n) is 37.1. The third-order valence-corrected chi connectivity index (χ3v) is 35.0. The van der Waals surface area contributed by atoms with Crippen molar-refractivity contribution >= 4 is 71.0 Å². The van der Waals surface area contributed by atoms with Crippen LogP contribution in [0, 0.1) is 0 Å². The first-order chi connectivity index (χ1) is 31.7. The summed E-state index contributed by atoms with van der Waals surface area (Å²) in [6.45, 7) is 4.85. The minimum absolute atomic E-state index is 0. The maximum absolute atomic E-state index is 2.92. The Hall–Kier alpha value is -5.60. The molecule has 0 spiro atoms. The second-order valence-corrected chi connectivity index (χ2v) is 31.7. The van der Waals surface area contributed by atoms with Crippen molar-refractivity contribution in [2.24, 2.45) is 0 Å². The number of hydrogen-bond donors (Lipinski definition) is 0. The molecule has 0 amide bonds. The van der Waals surface area contributed by atoms with Gasteiger partial charge in [-0.3, -0.25) is 0 Å². The fraction of sp³-hybridized carbons (Fsp3) is 0.0968. The molecule has 4 heteroatoms. The van der Waals surface area contributed by atoms with E-state index in [-0.39, 0.29) is 24.8 Å². The Balaban J connectivity index is 0.00000256. The normalized spacial score (nSPS) is 14.7. The second kappa shape index (κ2) is 18.6. The molecule has 0 saturated carbocycles. The molecule has 10 aromatic rings. The van der Waals surface area contributed by atoms with Crippen molar-refractivity contribution in [2.45, 2.75) is 33.9 Å². The van der Waals surface area contributed by atoms with Crippen LogP contribution in [0.3, 0.4) is 0 Å². The van der Waals surface area contributed by atoms with Gasteiger partial charge in [0.25, 0.3) is 0 Å². The predicted octanol–water partition coefficient (Wildman–Crippen LogP) is 9.46. The summed E-state index contributed by atoms with van der Waals surface area (Å²) in [5.41, 5.74) is 13.5. The van der Waals surface area contributed by atoms with E-state index in [1.807, 2.05) is 0 Å². The van der Waals surface area contributed by atoms with Gasteiger partial charge in [0.15, 0.2) is 0 Å². The molecule has 2 unspecified atom stereocenters. The first-order valence-corrected chi connectivity index (χ1v) is 31.1. The summed E-state index contributed by atoms with van der Waals surface area (Å²) in [7, 11) is 0. The van der Waals surface area contributed by atoms with E-state index in [0.29, 0.717) is 7.25 Å². The van der Waals surface area contributed by atoms with Crippen LogP contribution in [0.25, 0.3) is 77.5 Å². The second-order valence-electron chi connectivity index (χ2n) is 17.6. The van der Waals surface area contributed by atoms with Crippen molar-refractivity contribution < 1.29 is 45.2 Å². The van der Waals surface area contributed by atoms with E-state index in [0.717, 1.165) is 12.8 Å². The van der Waals surface area contributed by atoms with Gasteiger partial charge in [-0.15, -0.1) is 0 Å². The third kappa shape index (κ3) is 7.30. The summed E-state index contributed by atoms with van der Waals surface area (Å²) < 4.78 is 0.860. The van der Waals surface area contributed by atoms with Crippen LogP contribution in [-0.2, 0) is 20.4 Å². The minimum Gasteiger partial charge on any atom is -1.00 e. The molecule has 0 aromatic heterocycles. The van der Waals surface area contributed by atoms with Gasteiger partial charge in [-0.25, -0.2) is 0 Å². The van der Waals surface area contributed by atoms with Gasteiger partial charge in [0, 0.05) is 0 Å². The maximum atomic E-state index is 2.66. The molecule has 2 aliphatic carbocycles. The smallest absolute Gasteiger partial charge is 1.00 e. The van der Waals surface area contributed by atoms with Gasteiger partial charge < -0.3 is 24.8 Å². The molecule has 0 saturated heterocycles. The number of allylic oxidation sites excluding steroid dienone is 2. The Kier molecular flexibility index (Phi) is 12.5. The van der Waals surface area contributed by atoms with E-state index in [2.05, 4.69) is 232 Å². The summed E-state index contributed by atoms with van der Waals surface area (Å²) in [5, 5.41) is 13.7. The van der Waals surface area contributed by atoms with Gasteiger partial charge in [-0.1, -0.05) is 0 Å². The molecule has 10 aromatic carbocycles. The van der Waals surface area contributed by atoms with E-state index in [9.17, 15) is 0 Å². The van der Waals surface area contributed by atoms with Crippen molar-refractivity contribution in [3.05, 3.63) is 240 Å². The SMILES string of the molecule is CCC1=Cc2c(-c3cc4ccccc4c4ccccc34)cccc2[CH]1[Zr+2]([CH]1C(CC)=Cc2c(-c3cc4ccccc4c4ccccc34)cccc21)=[Si](c1ccccc1)c1ccccc1.[Cl-].[Cl-]. The van der Waals surface area contributed by atoms with Crippen molar-refractivity contribution in [1.29, 1.82) is 0 Å². The molecule has 12 rings (SSSR count). The Morgan fingerprint density at radius 2 is 0.727 bits per heavy atom. The molecular weight excluding hydrogens is 935 g/mol. The van der Waals surface area contributed by atoms with Crippen LogP contribution < -0.4 is 35.2 Å². The van der Waals surface area contributed by atoms with Crippen molar-refractivity contribution in [3.63, 3.8) is 0 Å². The van der Waals surface area contributed by atoms with Gasteiger partial charge >= 0.3 is 387 Å². The monoisotopic (exact) mass is 980 g/mol. The van der Waals surface area contributed by atoms with Crippen molar-refractivity contribution in [2.75, 3.05) is 0 Å². The van der Waals surface area contributed by atoms with Crippen LogP contribution in [0.5, 0.6) is 0 Å². The largest absolute Gasteiger partial charge is 1.00 e. The fourth-order valence-corrected chi connectivity index (χ4v) is 36.8. The van der Waals surface area contributed by atoms with Crippen LogP contribution in [0.2, 0.25) is 0 Å². The number of hydrogen-bond acceptors (Lipinski definition) is 0. The van der Waals surface area contributed by atoms with Crippen molar-refractivity contribution in [3.8, 4) is 22.3 Å². The summed E-state index contributed by atoms with van der Waals surface area (Å²) in [5.74, 6) is 0. The topological polar surface area (TPSA) is 0 Å². The molecule has 0 aliphatic heterocycles. The Morgan fingerprint density at radius 3 is 1.14 bits per heavy atom. The summed E-state index contributed by atoms with van der Waals surface area (Å²) in [6.07, 6.45) is 7.43. The van der Waals surface area contributed by atoms with Gasteiger partial charge in [0.2, 0.25) is 0 Å². The van der Waals surface area contributed by atoms with E-state index in [4.69, 9.17) is 0 Å². The average molecular weight is 983 g/mol. The Bertz CT molecular complexity index is 3350. The first kappa shape index (κ1) is 44.2. The van der Waals surface area contributed by atoms with Gasteiger partial charge in [-0.2, -0.15) is 0 Å². The zero-order chi connectivity index (χ0) is 42.7. The number of rotatable bonds is 8. The van der Waals surface area contributed by atoms with Gasteiger partial charge in [-0.05, 0) is 0 Å². The maximum Gasteiger partial charge on any atom is -1.00 e. The summed E-state index contributed by atoms with van der Waals surface area (Å²) in [6, 6.07) is 79.1. The standard InChI is InChI=1S/2C25H19.C12H10Si.2ClH.Zr/c2*1-2-17-14-18-9-7-13-23(24(18)15-17)25-16-19-8-3-4-10-20(19)21-11-5-6-12-22(21)25;1-3-7-11(8-4-1)13-12-9-5-2-6-10-12;;;/h2*3-16H,2H2,1H3;1-10H;2*1H;/q;;;;;+2/p-2. The Morgan fingerprint density at radius 1 is 0.364 bits per heavy atom. The Labute approximate surface area is 408 Å². The van der Waals surface area contributed by atoms with E-state index in [1.165, 1.54) is 76.5 Å². The summed E-state index contributed by atoms with van der Waals surface area (Å²) >= 11 is -2.92. The molecule has 0 fully saturated rings. The molecule has 66 heavy (non-hydrogen) atoms. The first-order valence-electron chi connectivity index (χ1n) is 23.0. The molecule has 0 bridgehead atoms. The number of benzene rings is 10. The van der Waals surface area contributed by atoms with E-state index >= 15 is 0 Å². The van der Waals surface area contributed by atoms with Gasteiger partial charge in [0.1, 0.15) is 0 Å². The minimum atomic E-state index is -2.92. The molecule has 0 N–H and O–H groups in total. The molecule has 318 valence electrons. The zero-order valence-corrected chi connectivity index (χ0v) is 42.1. The molecule has 2 atom stereocenters. The molecular formula is C62H48Cl2SiZr. The van der Waals surface area contributed by atoms with Gasteiger partial charge in [0.05, 0.1) is 0 Å². The van der Waals surface area contributed by atoms with Crippen LogP contribution in [-0.4, -0.2) is 5.43 Å². The van der Waals surface area contributed by atoms with Crippen LogP contribution in [0.4, 0.5) is 0 Å². The van der Waals surface area contributed by atoms with E-state index < -0.39 is 25.8 Å². The number of fused-ring (bicyclic) bond motifs is 8. The summed E-state index contributed by atoms with van der Waals surface area (Å²) in [4.78, 5) is 0. The quantitative estimate of drug-likeness (QED) is 0.105. The molecule has 2 aliphatic rings. The number of halogens is 2. The fourth-order valence-electron chi connectivity index (χ4n) is 11.5. The molecule has 0 heterocycles. The molecule has 0 nitrogen and oxygen atoms in total. The van der Waals surface area contributed by atoms with Crippen LogP contribution in [0.1, 0.15) is 56.2 Å². The van der Waals surface area contributed by atoms with Crippen molar-refractivity contribution in [1.82, 2.24) is 0 Å².